The summed E-state index contributed by atoms with van der Waals surface area (Å²) in [4.78, 5) is 14.0. The van der Waals surface area contributed by atoms with Gasteiger partial charge in [0.05, 0.1) is 17.7 Å². The molecule has 0 bridgehead atoms. The van der Waals surface area contributed by atoms with Gasteiger partial charge in [0.1, 0.15) is 0 Å². The van der Waals surface area contributed by atoms with Crippen LogP contribution in [0.25, 0.3) is 0 Å². The molecule has 0 radical (unpaired) electrons. The van der Waals surface area contributed by atoms with Crippen molar-refractivity contribution in [2.75, 3.05) is 33.9 Å². The lowest BCUT2D eigenvalue weighted by Crippen LogP contribution is -2.33. The molecule has 0 aliphatic carbocycles. The molecule has 1 aromatic rings. The number of aliphatic hydroxyl groups is 1. The smallest absolute Gasteiger partial charge is 0.165 e. The highest BCUT2D eigenvalue weighted by atomic mass is 79.9. The third-order valence-corrected chi connectivity index (χ3v) is 3.64. The number of halogens is 2. The molecule has 1 rings (SSSR count). The summed E-state index contributed by atoms with van der Waals surface area (Å²) < 4.78 is 5.71. The number of ketones is 1. The van der Waals surface area contributed by atoms with Gasteiger partial charge in [-0.25, -0.2) is 0 Å². The molecule has 1 unspecified atom stereocenters. The number of ether oxygens (including phenoxy) is 1. The van der Waals surface area contributed by atoms with Crippen molar-refractivity contribution in [3.8, 4) is 0 Å². The molecule has 20 heavy (non-hydrogen) atoms. The van der Waals surface area contributed by atoms with Gasteiger partial charge in [-0.05, 0) is 25.2 Å². The Morgan fingerprint density at radius 2 is 2.25 bits per heavy atom. The van der Waals surface area contributed by atoms with E-state index < -0.39 is 6.10 Å². The monoisotopic (exact) mass is 363 g/mol. The van der Waals surface area contributed by atoms with Crippen molar-refractivity contribution in [3.05, 3.63) is 33.3 Å². The summed E-state index contributed by atoms with van der Waals surface area (Å²) in [6.45, 7) is 1.32. The molecule has 0 fully saturated rings. The Hall–Kier alpha value is -0.460. The number of nitrogens with zero attached hydrogens (tertiary/aromatic N) is 1. The number of hydrogen-bond donors (Lipinski definition) is 1. The maximum absolute atomic E-state index is 12.1. The quantitative estimate of drug-likeness (QED) is 0.721. The van der Waals surface area contributed by atoms with Crippen LogP contribution in [0.2, 0.25) is 5.02 Å². The molecule has 1 aromatic carbocycles. The van der Waals surface area contributed by atoms with E-state index in [0.29, 0.717) is 30.1 Å². The van der Waals surface area contributed by atoms with Crippen LogP contribution in [0.5, 0.6) is 0 Å². The van der Waals surface area contributed by atoms with Crippen LogP contribution in [-0.2, 0) is 4.74 Å². The minimum Gasteiger partial charge on any atom is -0.389 e. The first-order valence-corrected chi connectivity index (χ1v) is 7.45. The summed E-state index contributed by atoms with van der Waals surface area (Å²) in [5.74, 6) is -0.00409. The lowest BCUT2D eigenvalue weighted by Gasteiger charge is -2.19. The van der Waals surface area contributed by atoms with Crippen LogP contribution in [0.1, 0.15) is 16.8 Å². The molecule has 112 valence electrons. The van der Waals surface area contributed by atoms with Gasteiger partial charge in [-0.15, -0.1) is 0 Å². The standard InChI is InChI=1S/C14H19BrClNO3/c1-17(8-11(18)9-20-2)6-5-14(19)12-4-3-10(15)7-13(12)16/h3-4,7,11,18H,5-6,8-9H2,1-2H3. The first-order valence-electron chi connectivity index (χ1n) is 6.27. The number of carbonyl (C=O) groups excluding carboxylic acids is 1. The van der Waals surface area contributed by atoms with Crippen LogP contribution in [0.3, 0.4) is 0 Å². The van der Waals surface area contributed by atoms with Gasteiger partial charge in [0, 0.05) is 36.7 Å². The van der Waals surface area contributed by atoms with Crippen molar-refractivity contribution >= 4 is 33.3 Å². The summed E-state index contributed by atoms with van der Waals surface area (Å²) in [5, 5.41) is 10.0. The fraction of sp³-hybridized carbons (Fsp3) is 0.500. The van der Waals surface area contributed by atoms with Crippen molar-refractivity contribution in [2.24, 2.45) is 0 Å². The van der Waals surface area contributed by atoms with Gasteiger partial charge in [-0.2, -0.15) is 0 Å². The minimum atomic E-state index is -0.545. The molecule has 0 amide bonds. The van der Waals surface area contributed by atoms with E-state index in [-0.39, 0.29) is 12.4 Å². The molecule has 0 spiro atoms. The number of methoxy groups -OCH3 is 1. The van der Waals surface area contributed by atoms with Gasteiger partial charge in [-0.3, -0.25) is 4.79 Å². The number of rotatable bonds is 8. The Bertz CT molecular complexity index is 456. The predicted octanol–water partition coefficient (Wildman–Crippen LogP) is 2.61. The number of benzene rings is 1. The van der Waals surface area contributed by atoms with Crippen LogP contribution >= 0.6 is 27.5 Å². The second-order valence-electron chi connectivity index (χ2n) is 4.67. The highest BCUT2D eigenvalue weighted by Crippen LogP contribution is 2.22. The Morgan fingerprint density at radius 3 is 2.85 bits per heavy atom. The Kier molecular flexibility index (Phi) is 7.69. The van der Waals surface area contributed by atoms with E-state index in [1.807, 2.05) is 11.9 Å². The molecular weight excluding hydrogens is 346 g/mol. The summed E-state index contributed by atoms with van der Waals surface area (Å²) >= 11 is 9.35. The van der Waals surface area contributed by atoms with E-state index in [4.69, 9.17) is 16.3 Å². The molecule has 0 aliphatic rings. The maximum Gasteiger partial charge on any atom is 0.165 e. The topological polar surface area (TPSA) is 49.8 Å². The molecule has 1 N–H and O–H groups in total. The first-order chi connectivity index (χ1) is 9.43. The Morgan fingerprint density at radius 1 is 1.55 bits per heavy atom. The van der Waals surface area contributed by atoms with Crippen molar-refractivity contribution in [2.45, 2.75) is 12.5 Å². The number of carbonyl (C=O) groups is 1. The largest absolute Gasteiger partial charge is 0.389 e. The highest BCUT2D eigenvalue weighted by Gasteiger charge is 2.13. The van der Waals surface area contributed by atoms with Crippen molar-refractivity contribution in [3.63, 3.8) is 0 Å². The molecule has 0 heterocycles. The zero-order valence-electron chi connectivity index (χ0n) is 11.6. The zero-order valence-corrected chi connectivity index (χ0v) is 13.9. The molecule has 0 aliphatic heterocycles. The molecular formula is C14H19BrClNO3. The van der Waals surface area contributed by atoms with E-state index in [1.54, 1.807) is 25.3 Å². The fourth-order valence-corrected chi connectivity index (χ4v) is 2.62. The second-order valence-corrected chi connectivity index (χ2v) is 5.99. The van der Waals surface area contributed by atoms with Gasteiger partial charge >= 0.3 is 0 Å². The van der Waals surface area contributed by atoms with Gasteiger partial charge in [-0.1, -0.05) is 27.5 Å². The maximum atomic E-state index is 12.1. The normalized spacial score (nSPS) is 12.7. The Labute approximate surface area is 132 Å². The lowest BCUT2D eigenvalue weighted by molar-refractivity contribution is 0.0428. The van der Waals surface area contributed by atoms with Crippen LogP contribution in [0.15, 0.2) is 22.7 Å². The molecule has 4 nitrogen and oxygen atoms in total. The lowest BCUT2D eigenvalue weighted by atomic mass is 10.1. The predicted molar refractivity (Wildman–Crippen MR) is 83.5 cm³/mol. The summed E-state index contributed by atoms with van der Waals surface area (Å²) in [5.41, 5.74) is 0.528. The van der Waals surface area contributed by atoms with Gasteiger partial charge in [0.2, 0.25) is 0 Å². The van der Waals surface area contributed by atoms with Crippen molar-refractivity contribution in [1.29, 1.82) is 0 Å². The summed E-state index contributed by atoms with van der Waals surface area (Å²) in [6.07, 6.45) is -0.186. The van der Waals surface area contributed by atoms with E-state index in [2.05, 4.69) is 15.9 Å². The SMILES string of the molecule is COCC(O)CN(C)CCC(=O)c1ccc(Br)cc1Cl. The summed E-state index contributed by atoms with van der Waals surface area (Å²) in [6, 6.07) is 5.22. The van der Waals surface area contributed by atoms with Gasteiger partial charge < -0.3 is 14.7 Å². The Balaban J connectivity index is 2.46. The second kappa shape index (κ2) is 8.74. The molecule has 0 aromatic heterocycles. The summed E-state index contributed by atoms with van der Waals surface area (Å²) in [7, 11) is 3.40. The molecule has 1 atom stereocenters. The van der Waals surface area contributed by atoms with Crippen LogP contribution < -0.4 is 0 Å². The zero-order chi connectivity index (χ0) is 15.1. The average Bonchev–Trinajstić information content (AvgIpc) is 2.36. The van der Waals surface area contributed by atoms with Crippen LogP contribution in [0.4, 0.5) is 0 Å². The van der Waals surface area contributed by atoms with Gasteiger partial charge in [0.15, 0.2) is 5.78 Å². The number of aliphatic hydroxyl groups excluding tert-OH is 1. The van der Waals surface area contributed by atoms with Crippen LogP contribution in [-0.4, -0.2) is 55.7 Å². The third-order valence-electron chi connectivity index (χ3n) is 2.83. The van der Waals surface area contributed by atoms with Crippen molar-refractivity contribution < 1.29 is 14.6 Å². The van der Waals surface area contributed by atoms with Crippen molar-refractivity contribution in [1.82, 2.24) is 4.90 Å². The molecule has 0 saturated heterocycles. The first kappa shape index (κ1) is 17.6. The van der Waals surface area contributed by atoms with E-state index >= 15 is 0 Å². The average molecular weight is 365 g/mol. The third kappa shape index (κ3) is 5.89. The molecule has 6 heteroatoms. The molecule has 0 saturated carbocycles. The number of likely N-dealkylation sites (N-methyl/N-ethyl adjacent to an activating group) is 1. The fourth-order valence-electron chi connectivity index (χ4n) is 1.84. The van der Waals surface area contributed by atoms with E-state index in [0.717, 1.165) is 4.47 Å². The van der Waals surface area contributed by atoms with E-state index in [1.165, 1.54) is 0 Å². The number of Topliss-reactive ketones (excluding diaryl/α,β-unsaturated/α-hetero) is 1. The van der Waals surface area contributed by atoms with E-state index in [9.17, 15) is 9.90 Å². The van der Waals surface area contributed by atoms with Gasteiger partial charge in [0.25, 0.3) is 0 Å². The highest BCUT2D eigenvalue weighted by molar-refractivity contribution is 9.10. The minimum absolute atomic E-state index is 0.00409. The van der Waals surface area contributed by atoms with Crippen LogP contribution in [0, 0.1) is 0 Å². The number of hydrogen-bond acceptors (Lipinski definition) is 4.